The van der Waals surface area contributed by atoms with Gasteiger partial charge < -0.3 is 10.4 Å². The first-order chi connectivity index (χ1) is 23.8. The fraction of sp³-hybridized carbons (Fsp3) is 0.351. The van der Waals surface area contributed by atoms with Crippen LogP contribution in [-0.4, -0.2) is 46.1 Å². The summed E-state index contributed by atoms with van der Waals surface area (Å²) in [7, 11) is 0. The highest BCUT2D eigenvalue weighted by Crippen LogP contribution is 2.58. The van der Waals surface area contributed by atoms with Gasteiger partial charge in [-0.25, -0.2) is 19.7 Å². The van der Waals surface area contributed by atoms with Crippen LogP contribution in [0.3, 0.4) is 0 Å². The summed E-state index contributed by atoms with van der Waals surface area (Å²) in [5.41, 5.74) is 4.16. The van der Waals surface area contributed by atoms with E-state index in [-0.39, 0.29) is 17.1 Å². The fourth-order valence-electron chi connectivity index (χ4n) is 9.23. The van der Waals surface area contributed by atoms with Gasteiger partial charge in [0.25, 0.3) is 5.91 Å². The Morgan fingerprint density at radius 3 is 2.57 bits per heavy atom. The van der Waals surface area contributed by atoms with Crippen molar-refractivity contribution in [2.24, 2.45) is 23.2 Å². The number of thiazole rings is 1. The van der Waals surface area contributed by atoms with Gasteiger partial charge in [0.15, 0.2) is 10.8 Å². The molecule has 6 aromatic rings. The van der Waals surface area contributed by atoms with Crippen molar-refractivity contribution in [1.29, 1.82) is 0 Å². The molecule has 4 saturated carbocycles. The lowest BCUT2D eigenvalue weighted by atomic mass is 9.58. The molecule has 5 heterocycles. The summed E-state index contributed by atoms with van der Waals surface area (Å²) in [5, 5.41) is 21.9. The lowest BCUT2D eigenvalue weighted by molar-refractivity contribution is 0.0169. The van der Waals surface area contributed by atoms with Crippen LogP contribution in [0.2, 0.25) is 0 Å². The molecule has 0 spiro atoms. The number of hydrogen-bond donors (Lipinski definition) is 3. The van der Waals surface area contributed by atoms with E-state index in [1.54, 1.807) is 35.1 Å². The maximum Gasteiger partial charge on any atom is 0.340 e. The van der Waals surface area contributed by atoms with Crippen molar-refractivity contribution in [2.75, 3.05) is 10.6 Å². The van der Waals surface area contributed by atoms with Crippen molar-refractivity contribution < 1.29 is 14.7 Å². The Bertz CT molecular complexity index is 2220. The second-order valence-electron chi connectivity index (χ2n) is 14.3. The van der Waals surface area contributed by atoms with Crippen LogP contribution in [0.4, 0.5) is 16.8 Å². The number of nitrogens with zero attached hydrogens (tertiary/aromatic N) is 6. The Labute approximate surface area is 286 Å². The summed E-state index contributed by atoms with van der Waals surface area (Å²) in [6.07, 6.45) is 16.1. The normalized spacial score (nSPS) is 22.8. The highest BCUT2D eigenvalue weighted by atomic mass is 32.1. The monoisotopic (exact) mass is 672 g/mol. The number of rotatable bonds is 8. The molecule has 1 aromatic carbocycles. The Morgan fingerprint density at radius 2 is 1.78 bits per heavy atom. The molecule has 4 fully saturated rings. The van der Waals surface area contributed by atoms with E-state index < -0.39 is 5.97 Å². The highest BCUT2D eigenvalue weighted by Gasteiger charge is 2.48. The summed E-state index contributed by atoms with van der Waals surface area (Å²) in [4.78, 5) is 39.7. The van der Waals surface area contributed by atoms with Crippen LogP contribution < -0.4 is 10.6 Å². The molecule has 0 radical (unpaired) electrons. The van der Waals surface area contributed by atoms with Gasteiger partial charge in [-0.3, -0.25) is 19.2 Å². The molecule has 2 atom stereocenters. The summed E-state index contributed by atoms with van der Waals surface area (Å²) >= 11 is 1.39. The van der Waals surface area contributed by atoms with E-state index >= 15 is 0 Å². The van der Waals surface area contributed by atoms with E-state index in [0.717, 1.165) is 45.8 Å². The first-order valence-electron chi connectivity index (χ1n) is 17.0. The van der Waals surface area contributed by atoms with Crippen molar-refractivity contribution in [3.63, 3.8) is 0 Å². The zero-order valence-corrected chi connectivity index (χ0v) is 27.9. The van der Waals surface area contributed by atoms with Gasteiger partial charge in [0.1, 0.15) is 17.2 Å². The van der Waals surface area contributed by atoms with Gasteiger partial charge in [0, 0.05) is 35.8 Å². The minimum absolute atomic E-state index is 0.0969. The van der Waals surface area contributed by atoms with Gasteiger partial charge in [-0.05, 0) is 92.5 Å². The molecule has 248 valence electrons. The SMILES string of the molecule is Cc1c(-c2ccn3c(Nc4ncccc4C(=O)Nc4nc5ccccc5s4)cnc3c2C(=O)O)cnn1CC12CC3CCC(CC(C3)C1)C2. The predicted octanol–water partition coefficient (Wildman–Crippen LogP) is 7.81. The number of nitrogens with one attached hydrogen (secondary N) is 2. The number of carbonyl (C=O) groups excluding carboxylic acids is 1. The van der Waals surface area contributed by atoms with E-state index in [0.29, 0.717) is 33.3 Å². The zero-order chi connectivity index (χ0) is 33.3. The third-order valence-electron chi connectivity index (χ3n) is 11.1. The molecule has 11 nitrogen and oxygen atoms in total. The van der Waals surface area contributed by atoms with Crippen LogP contribution in [0.15, 0.2) is 67.3 Å². The molecule has 3 N–H and O–H groups in total. The van der Waals surface area contributed by atoms with Crippen LogP contribution >= 0.6 is 11.3 Å². The number of aromatic carboxylic acids is 1. The standard InChI is InChI=1S/C37H36N8O3S/c1-21-27(18-40-45(21)20-37-15-22-8-9-23(16-37)14-24(13-22)17-37)25-10-12-44-30(19-39-33(44)31(25)35(47)48)42-32-26(5-4-11-38-32)34(46)43-36-41-28-6-2-3-7-29(28)49-36/h2-7,10-12,18-19,22-24H,8-9,13-17,20H2,1H3,(H,38,42)(H,47,48)(H,41,43,46). The first-order valence-corrected chi connectivity index (χ1v) is 17.8. The van der Waals surface area contributed by atoms with Crippen LogP contribution in [0, 0.1) is 30.1 Å². The van der Waals surface area contributed by atoms with E-state index in [9.17, 15) is 14.7 Å². The van der Waals surface area contributed by atoms with Crippen molar-refractivity contribution >= 4 is 55.8 Å². The predicted molar refractivity (Wildman–Crippen MR) is 188 cm³/mol. The number of carboxylic acid groups (broad SMARTS) is 1. The second-order valence-corrected chi connectivity index (χ2v) is 15.3. The molecule has 49 heavy (non-hydrogen) atoms. The quantitative estimate of drug-likeness (QED) is 0.149. The van der Waals surface area contributed by atoms with E-state index in [1.807, 2.05) is 43.5 Å². The van der Waals surface area contributed by atoms with Crippen molar-refractivity contribution in [1.82, 2.24) is 29.1 Å². The van der Waals surface area contributed by atoms with Crippen LogP contribution in [0.5, 0.6) is 0 Å². The lowest BCUT2D eigenvalue weighted by Crippen LogP contribution is -2.40. The summed E-state index contributed by atoms with van der Waals surface area (Å²) in [6.45, 7) is 2.94. The molecule has 4 aliphatic carbocycles. The topological polar surface area (TPSA) is 139 Å². The van der Waals surface area contributed by atoms with Crippen molar-refractivity contribution in [2.45, 2.75) is 58.4 Å². The van der Waals surface area contributed by atoms with Gasteiger partial charge in [-0.1, -0.05) is 36.3 Å². The number of fused-ring (bicyclic) bond motifs is 3. The average Bonchev–Trinajstić information content (AvgIpc) is 3.74. The Hall–Kier alpha value is -5.10. The van der Waals surface area contributed by atoms with E-state index in [1.165, 1.54) is 56.3 Å². The smallest absolute Gasteiger partial charge is 0.340 e. The Kier molecular flexibility index (Phi) is 7.04. The maximum atomic E-state index is 13.4. The van der Waals surface area contributed by atoms with Crippen LogP contribution in [0.1, 0.15) is 71.4 Å². The number of carboxylic acids is 1. The van der Waals surface area contributed by atoms with Gasteiger partial charge in [0.2, 0.25) is 0 Å². The second kappa shape index (κ2) is 11.5. The van der Waals surface area contributed by atoms with E-state index in [4.69, 9.17) is 5.10 Å². The number of pyridine rings is 2. The Balaban J connectivity index is 1.01. The summed E-state index contributed by atoms with van der Waals surface area (Å²) < 4.78 is 4.77. The number of aromatic nitrogens is 6. The molecule has 1 amide bonds. The molecule has 5 aromatic heterocycles. The highest BCUT2D eigenvalue weighted by molar-refractivity contribution is 7.22. The number of para-hydroxylation sites is 1. The number of carbonyl (C=O) groups is 2. The number of benzene rings is 1. The molecule has 0 aliphatic heterocycles. The number of amides is 1. The molecule has 4 bridgehead atoms. The molecule has 2 unspecified atom stereocenters. The number of imidazole rings is 1. The third-order valence-corrected chi connectivity index (χ3v) is 12.0. The van der Waals surface area contributed by atoms with Gasteiger partial charge in [0.05, 0.1) is 28.2 Å². The van der Waals surface area contributed by atoms with Crippen LogP contribution in [0.25, 0.3) is 27.0 Å². The molecule has 4 aliphatic rings. The molecule has 10 rings (SSSR count). The summed E-state index contributed by atoms with van der Waals surface area (Å²) in [6, 6.07) is 12.9. The first kappa shape index (κ1) is 30.0. The molecular formula is C37H36N8O3S. The average molecular weight is 673 g/mol. The van der Waals surface area contributed by atoms with Gasteiger partial charge in [-0.2, -0.15) is 5.10 Å². The number of anilines is 3. The minimum atomic E-state index is -1.07. The van der Waals surface area contributed by atoms with E-state index in [2.05, 4.69) is 30.3 Å². The zero-order valence-electron chi connectivity index (χ0n) is 27.1. The minimum Gasteiger partial charge on any atom is -0.478 e. The molecule has 12 heteroatoms. The maximum absolute atomic E-state index is 13.4. The van der Waals surface area contributed by atoms with Crippen molar-refractivity contribution in [3.05, 3.63) is 84.1 Å². The van der Waals surface area contributed by atoms with Crippen LogP contribution in [-0.2, 0) is 6.54 Å². The van der Waals surface area contributed by atoms with Gasteiger partial charge in [-0.15, -0.1) is 0 Å². The van der Waals surface area contributed by atoms with Gasteiger partial charge >= 0.3 is 5.97 Å². The summed E-state index contributed by atoms with van der Waals surface area (Å²) in [5.74, 6) is 1.85. The fourth-order valence-corrected chi connectivity index (χ4v) is 10.1. The molecular weight excluding hydrogens is 637 g/mol. The van der Waals surface area contributed by atoms with Crippen molar-refractivity contribution in [3.8, 4) is 11.1 Å². The lowest BCUT2D eigenvalue weighted by Gasteiger charge is -2.48. The largest absolute Gasteiger partial charge is 0.478 e. The Morgan fingerprint density at radius 1 is 0.980 bits per heavy atom. The number of hydrogen-bond acceptors (Lipinski definition) is 8. The molecule has 0 saturated heterocycles. The third kappa shape index (κ3) is 5.25.